The number of anilines is 1. The second kappa shape index (κ2) is 6.42. The third kappa shape index (κ3) is 3.37. The molecule has 0 aromatic heterocycles. The van der Waals surface area contributed by atoms with Crippen LogP contribution in [0.1, 0.15) is 35.2 Å². The van der Waals surface area contributed by atoms with Crippen LogP contribution in [0.2, 0.25) is 0 Å². The highest BCUT2D eigenvalue weighted by Gasteiger charge is 2.25. The Bertz CT molecular complexity index is 723. The van der Waals surface area contributed by atoms with E-state index in [2.05, 4.69) is 36.6 Å². The van der Waals surface area contributed by atoms with Gasteiger partial charge in [0.2, 0.25) is 5.91 Å². The van der Waals surface area contributed by atoms with E-state index in [1.54, 1.807) is 0 Å². The number of hydrogen-bond acceptors (Lipinski definition) is 3. The average molecular weight is 310 g/mol. The van der Waals surface area contributed by atoms with Gasteiger partial charge in [0.1, 0.15) is 12.4 Å². The van der Waals surface area contributed by atoms with Crippen molar-refractivity contribution in [3.05, 3.63) is 58.7 Å². The first-order valence-electron chi connectivity index (χ1n) is 7.87. The Kier molecular flexibility index (Phi) is 4.35. The van der Waals surface area contributed by atoms with Gasteiger partial charge in [0, 0.05) is 24.7 Å². The van der Waals surface area contributed by atoms with Crippen molar-refractivity contribution in [1.82, 2.24) is 5.32 Å². The summed E-state index contributed by atoms with van der Waals surface area (Å²) >= 11 is 0. The molecule has 4 heteroatoms. The molecule has 0 bridgehead atoms. The van der Waals surface area contributed by atoms with E-state index in [4.69, 9.17) is 4.74 Å². The molecule has 120 valence electrons. The van der Waals surface area contributed by atoms with Crippen molar-refractivity contribution in [2.45, 2.75) is 33.4 Å². The number of benzene rings is 2. The molecule has 4 nitrogen and oxygen atoms in total. The van der Waals surface area contributed by atoms with Gasteiger partial charge in [-0.25, -0.2) is 0 Å². The van der Waals surface area contributed by atoms with Crippen LogP contribution in [0.4, 0.5) is 5.69 Å². The van der Waals surface area contributed by atoms with Gasteiger partial charge in [0.05, 0.1) is 6.04 Å². The van der Waals surface area contributed by atoms with Crippen LogP contribution in [0, 0.1) is 13.8 Å². The maximum atomic E-state index is 11.0. The number of rotatable bonds is 4. The maximum Gasteiger partial charge on any atom is 0.221 e. The first-order valence-corrected chi connectivity index (χ1v) is 7.87. The third-order valence-corrected chi connectivity index (χ3v) is 4.30. The zero-order valence-corrected chi connectivity index (χ0v) is 13.8. The van der Waals surface area contributed by atoms with Crippen LogP contribution in [0.15, 0.2) is 36.4 Å². The molecule has 1 heterocycles. The molecular formula is C19H22N2O2. The summed E-state index contributed by atoms with van der Waals surface area (Å²) in [6.45, 7) is 7.16. The summed E-state index contributed by atoms with van der Waals surface area (Å²) in [6.07, 6.45) is 0. The maximum absolute atomic E-state index is 11.0. The van der Waals surface area contributed by atoms with Crippen molar-refractivity contribution >= 4 is 11.6 Å². The predicted octanol–water partition coefficient (Wildman–Crippen LogP) is 3.49. The monoisotopic (exact) mass is 310 g/mol. The zero-order chi connectivity index (χ0) is 16.4. The molecule has 1 amide bonds. The largest absolute Gasteiger partial charge is 0.491 e. The number of amides is 1. The van der Waals surface area contributed by atoms with E-state index in [1.807, 2.05) is 24.3 Å². The Morgan fingerprint density at radius 2 is 1.91 bits per heavy atom. The lowest BCUT2D eigenvalue weighted by Crippen LogP contribution is -2.22. The summed E-state index contributed by atoms with van der Waals surface area (Å²) in [6, 6.07) is 12.4. The fraction of sp³-hybridized carbons (Fsp3) is 0.316. The van der Waals surface area contributed by atoms with Crippen LogP contribution in [0.5, 0.6) is 5.75 Å². The second-order valence-corrected chi connectivity index (χ2v) is 6.05. The first kappa shape index (κ1) is 15.6. The van der Waals surface area contributed by atoms with Gasteiger partial charge in [-0.3, -0.25) is 4.79 Å². The highest BCUT2D eigenvalue weighted by Crippen LogP contribution is 2.36. The summed E-state index contributed by atoms with van der Waals surface area (Å²) in [7, 11) is 0. The number of carbonyl (C=O) groups excluding carboxylic acids is 1. The summed E-state index contributed by atoms with van der Waals surface area (Å²) in [5.74, 6) is 0.977. The Hall–Kier alpha value is -2.33. The van der Waals surface area contributed by atoms with Crippen molar-refractivity contribution in [2.24, 2.45) is 0 Å². The fourth-order valence-corrected chi connectivity index (χ4v) is 2.85. The van der Waals surface area contributed by atoms with E-state index in [9.17, 15) is 4.79 Å². The highest BCUT2D eigenvalue weighted by molar-refractivity contribution is 5.88. The second-order valence-electron chi connectivity index (χ2n) is 6.05. The zero-order valence-electron chi connectivity index (χ0n) is 13.8. The van der Waals surface area contributed by atoms with Crippen LogP contribution < -0.4 is 15.4 Å². The number of fused-ring (bicyclic) bond motifs is 1. The lowest BCUT2D eigenvalue weighted by Gasteiger charge is -2.13. The van der Waals surface area contributed by atoms with Gasteiger partial charge in [0.25, 0.3) is 0 Å². The third-order valence-electron chi connectivity index (χ3n) is 4.30. The minimum absolute atomic E-state index is 0.0544. The first-order chi connectivity index (χ1) is 11.0. The fourth-order valence-electron chi connectivity index (χ4n) is 2.85. The quantitative estimate of drug-likeness (QED) is 0.909. The van der Waals surface area contributed by atoms with Crippen LogP contribution in [-0.4, -0.2) is 12.5 Å². The Morgan fingerprint density at radius 3 is 2.61 bits per heavy atom. The van der Waals surface area contributed by atoms with Gasteiger partial charge in [-0.05, 0) is 42.7 Å². The molecule has 3 rings (SSSR count). The van der Waals surface area contributed by atoms with Crippen molar-refractivity contribution in [3.8, 4) is 5.75 Å². The van der Waals surface area contributed by atoms with Crippen LogP contribution in [0.25, 0.3) is 0 Å². The van der Waals surface area contributed by atoms with Crippen molar-refractivity contribution in [3.63, 3.8) is 0 Å². The van der Waals surface area contributed by atoms with Gasteiger partial charge >= 0.3 is 0 Å². The van der Waals surface area contributed by atoms with Gasteiger partial charge in [0.15, 0.2) is 0 Å². The molecule has 1 atom stereocenters. The summed E-state index contributed by atoms with van der Waals surface area (Å²) < 4.78 is 5.86. The SMILES string of the molecule is CC(=O)Nc1ccc(CN[C@H]2COc3c2ccc(C)c3C)cc1. The Morgan fingerprint density at radius 1 is 1.17 bits per heavy atom. The van der Waals surface area contributed by atoms with Gasteiger partial charge < -0.3 is 15.4 Å². The summed E-state index contributed by atoms with van der Waals surface area (Å²) in [5.41, 5.74) is 5.73. The molecule has 1 aliphatic rings. The van der Waals surface area contributed by atoms with E-state index in [1.165, 1.54) is 29.2 Å². The van der Waals surface area contributed by atoms with Crippen LogP contribution >= 0.6 is 0 Å². The molecule has 2 aromatic carbocycles. The van der Waals surface area contributed by atoms with Gasteiger partial charge in [-0.15, -0.1) is 0 Å². The number of aryl methyl sites for hydroxylation is 1. The molecule has 0 saturated carbocycles. The molecule has 0 unspecified atom stereocenters. The number of nitrogens with one attached hydrogen (secondary N) is 2. The molecular weight excluding hydrogens is 288 g/mol. The number of ether oxygens (including phenoxy) is 1. The molecule has 1 aliphatic heterocycles. The topological polar surface area (TPSA) is 50.4 Å². The van der Waals surface area contributed by atoms with Gasteiger partial charge in [-0.1, -0.05) is 24.3 Å². The average Bonchev–Trinajstić information content (AvgIpc) is 2.93. The molecule has 2 aromatic rings. The summed E-state index contributed by atoms with van der Waals surface area (Å²) in [5, 5.41) is 6.32. The molecule has 2 N–H and O–H groups in total. The van der Waals surface area contributed by atoms with E-state index >= 15 is 0 Å². The number of hydrogen-bond donors (Lipinski definition) is 2. The Labute approximate surface area is 136 Å². The van der Waals surface area contributed by atoms with E-state index in [0.29, 0.717) is 6.61 Å². The van der Waals surface area contributed by atoms with E-state index < -0.39 is 0 Å². The van der Waals surface area contributed by atoms with Crippen molar-refractivity contribution in [1.29, 1.82) is 0 Å². The van der Waals surface area contributed by atoms with Crippen molar-refractivity contribution in [2.75, 3.05) is 11.9 Å². The molecule has 0 spiro atoms. The van der Waals surface area contributed by atoms with E-state index in [-0.39, 0.29) is 11.9 Å². The van der Waals surface area contributed by atoms with Gasteiger partial charge in [-0.2, -0.15) is 0 Å². The van der Waals surface area contributed by atoms with Crippen molar-refractivity contribution < 1.29 is 9.53 Å². The lowest BCUT2D eigenvalue weighted by molar-refractivity contribution is -0.114. The number of carbonyl (C=O) groups is 1. The summed E-state index contributed by atoms with van der Waals surface area (Å²) in [4.78, 5) is 11.0. The minimum atomic E-state index is -0.0544. The van der Waals surface area contributed by atoms with Crippen LogP contribution in [0.3, 0.4) is 0 Å². The predicted molar refractivity (Wildman–Crippen MR) is 91.7 cm³/mol. The standard InChI is InChI=1S/C19H22N2O2/c1-12-4-9-17-18(11-23-19(17)13(12)2)20-10-15-5-7-16(8-6-15)21-14(3)22/h4-9,18,20H,10-11H2,1-3H3,(H,21,22)/t18-/m0/s1. The molecule has 0 saturated heterocycles. The molecule has 23 heavy (non-hydrogen) atoms. The lowest BCUT2D eigenvalue weighted by atomic mass is 10.0. The molecule has 0 radical (unpaired) electrons. The smallest absolute Gasteiger partial charge is 0.221 e. The Balaban J connectivity index is 1.64. The normalized spacial score (nSPS) is 15.9. The van der Waals surface area contributed by atoms with E-state index in [0.717, 1.165) is 18.0 Å². The highest BCUT2D eigenvalue weighted by atomic mass is 16.5. The van der Waals surface area contributed by atoms with Crippen LogP contribution in [-0.2, 0) is 11.3 Å². The molecule has 0 fully saturated rings. The molecule has 0 aliphatic carbocycles. The minimum Gasteiger partial charge on any atom is -0.491 e.